The van der Waals surface area contributed by atoms with Gasteiger partial charge in [0.05, 0.1) is 0 Å². The number of rotatable bonds is 8. The van der Waals surface area contributed by atoms with Crippen molar-refractivity contribution in [1.29, 1.82) is 0 Å². The van der Waals surface area contributed by atoms with Gasteiger partial charge in [-0.1, -0.05) is 42.5 Å². The molecule has 0 aliphatic carbocycles. The highest BCUT2D eigenvalue weighted by Gasteiger charge is 2.24. The standard InChI is InChI=1S/C26H27N3O2S/c1-19-17-21-11-5-6-13-24(21)29(19)15-8-14-27-26(31)23(18-22-12-7-16-32-22)28-25(30)20-9-3-2-4-10-20/h2-7,9-13,16,18-19H,8,14-15,17H2,1H3,(H,27,31)(H,28,30)/b23-18-/t19-/m1/s1. The van der Waals surface area contributed by atoms with Gasteiger partial charge in [0.15, 0.2) is 0 Å². The van der Waals surface area contributed by atoms with E-state index in [0.717, 1.165) is 24.3 Å². The number of thiophene rings is 1. The third kappa shape index (κ3) is 5.26. The van der Waals surface area contributed by atoms with E-state index < -0.39 is 0 Å². The summed E-state index contributed by atoms with van der Waals surface area (Å²) in [7, 11) is 0. The van der Waals surface area contributed by atoms with Crippen molar-refractivity contribution < 1.29 is 9.59 Å². The molecule has 32 heavy (non-hydrogen) atoms. The Morgan fingerprint density at radius 3 is 2.62 bits per heavy atom. The number of carbonyl (C=O) groups excluding carboxylic acids is 2. The Morgan fingerprint density at radius 2 is 1.84 bits per heavy atom. The molecule has 2 heterocycles. The van der Waals surface area contributed by atoms with E-state index in [2.05, 4.69) is 46.7 Å². The third-order valence-corrected chi connectivity index (χ3v) is 6.39. The molecule has 2 aromatic carbocycles. The van der Waals surface area contributed by atoms with Gasteiger partial charge in [-0.25, -0.2) is 0 Å². The highest BCUT2D eigenvalue weighted by Crippen LogP contribution is 2.31. The lowest BCUT2D eigenvalue weighted by molar-refractivity contribution is -0.117. The van der Waals surface area contributed by atoms with E-state index in [9.17, 15) is 9.59 Å². The van der Waals surface area contributed by atoms with E-state index in [1.165, 1.54) is 22.6 Å². The first-order chi connectivity index (χ1) is 15.6. The zero-order valence-electron chi connectivity index (χ0n) is 18.1. The van der Waals surface area contributed by atoms with Crippen LogP contribution >= 0.6 is 11.3 Å². The largest absolute Gasteiger partial charge is 0.368 e. The van der Waals surface area contributed by atoms with Gasteiger partial charge in [-0.05, 0) is 61.1 Å². The van der Waals surface area contributed by atoms with Gasteiger partial charge in [0.2, 0.25) is 0 Å². The second kappa shape index (κ2) is 10.3. The van der Waals surface area contributed by atoms with Crippen molar-refractivity contribution >= 4 is 34.9 Å². The van der Waals surface area contributed by atoms with Gasteiger partial charge >= 0.3 is 0 Å². The summed E-state index contributed by atoms with van der Waals surface area (Å²) in [4.78, 5) is 28.8. The molecule has 5 nitrogen and oxygen atoms in total. The van der Waals surface area contributed by atoms with Crippen molar-refractivity contribution in [3.05, 3.63) is 93.8 Å². The van der Waals surface area contributed by atoms with E-state index >= 15 is 0 Å². The van der Waals surface area contributed by atoms with Crippen LogP contribution in [0.25, 0.3) is 6.08 Å². The van der Waals surface area contributed by atoms with Gasteiger partial charge in [-0.2, -0.15) is 0 Å². The lowest BCUT2D eigenvalue weighted by Crippen LogP contribution is -2.37. The second-order valence-electron chi connectivity index (χ2n) is 7.88. The predicted octanol–water partition coefficient (Wildman–Crippen LogP) is 4.48. The lowest BCUT2D eigenvalue weighted by atomic mass is 10.1. The summed E-state index contributed by atoms with van der Waals surface area (Å²) in [5.41, 5.74) is 3.44. The Hall–Kier alpha value is -3.38. The van der Waals surface area contributed by atoms with Crippen molar-refractivity contribution in [3.63, 3.8) is 0 Å². The first-order valence-corrected chi connectivity index (χ1v) is 11.7. The molecule has 164 valence electrons. The fourth-order valence-electron chi connectivity index (χ4n) is 3.97. The minimum Gasteiger partial charge on any atom is -0.368 e. The molecule has 0 saturated heterocycles. The van der Waals surface area contributed by atoms with Crippen LogP contribution < -0.4 is 15.5 Å². The van der Waals surface area contributed by atoms with Crippen molar-refractivity contribution in [1.82, 2.24) is 10.6 Å². The van der Waals surface area contributed by atoms with Crippen LogP contribution in [0.4, 0.5) is 5.69 Å². The lowest BCUT2D eigenvalue weighted by Gasteiger charge is -2.25. The molecule has 0 spiro atoms. The number of para-hydroxylation sites is 1. The van der Waals surface area contributed by atoms with Crippen LogP contribution in [0.5, 0.6) is 0 Å². The SMILES string of the molecule is C[C@@H]1Cc2ccccc2N1CCCNC(=O)/C(=C/c1cccs1)NC(=O)c1ccccc1. The van der Waals surface area contributed by atoms with Gasteiger partial charge in [-0.15, -0.1) is 11.3 Å². The average Bonchev–Trinajstić information content (AvgIpc) is 3.43. The van der Waals surface area contributed by atoms with Crippen LogP contribution in [-0.4, -0.2) is 30.9 Å². The van der Waals surface area contributed by atoms with Crippen LogP contribution in [0.15, 0.2) is 77.8 Å². The smallest absolute Gasteiger partial charge is 0.267 e. The van der Waals surface area contributed by atoms with Crippen LogP contribution in [0.1, 0.15) is 34.1 Å². The van der Waals surface area contributed by atoms with E-state index in [0.29, 0.717) is 18.2 Å². The summed E-state index contributed by atoms with van der Waals surface area (Å²) in [6.45, 7) is 3.64. The molecule has 0 bridgehead atoms. The molecule has 1 aliphatic heterocycles. The number of amides is 2. The Morgan fingerprint density at radius 1 is 1.06 bits per heavy atom. The maximum absolute atomic E-state index is 12.9. The summed E-state index contributed by atoms with van der Waals surface area (Å²) in [5.74, 6) is -0.580. The number of anilines is 1. The van der Waals surface area contributed by atoms with Gasteiger partial charge in [0.1, 0.15) is 5.70 Å². The molecule has 1 atom stereocenters. The summed E-state index contributed by atoms with van der Waals surface area (Å²) in [6.07, 6.45) is 3.60. The van der Waals surface area contributed by atoms with Crippen LogP contribution in [-0.2, 0) is 11.2 Å². The summed E-state index contributed by atoms with van der Waals surface area (Å²) < 4.78 is 0. The molecule has 0 saturated carbocycles. The molecular weight excluding hydrogens is 418 g/mol. The molecule has 0 fully saturated rings. The number of nitrogens with one attached hydrogen (secondary N) is 2. The van der Waals surface area contributed by atoms with Gasteiger partial charge < -0.3 is 15.5 Å². The maximum Gasteiger partial charge on any atom is 0.267 e. The van der Waals surface area contributed by atoms with Gasteiger partial charge in [0.25, 0.3) is 11.8 Å². The van der Waals surface area contributed by atoms with Crippen molar-refractivity contribution in [3.8, 4) is 0 Å². The highest BCUT2D eigenvalue weighted by molar-refractivity contribution is 7.10. The van der Waals surface area contributed by atoms with Crippen molar-refractivity contribution in [2.24, 2.45) is 0 Å². The molecule has 0 radical (unpaired) electrons. The van der Waals surface area contributed by atoms with Gasteiger partial charge in [0, 0.05) is 35.3 Å². The van der Waals surface area contributed by atoms with E-state index in [-0.39, 0.29) is 17.5 Å². The maximum atomic E-state index is 12.9. The predicted molar refractivity (Wildman–Crippen MR) is 131 cm³/mol. The third-order valence-electron chi connectivity index (χ3n) is 5.57. The Balaban J connectivity index is 1.36. The van der Waals surface area contributed by atoms with Crippen LogP contribution in [0, 0.1) is 0 Å². The van der Waals surface area contributed by atoms with E-state index in [1.54, 1.807) is 30.3 Å². The van der Waals surface area contributed by atoms with E-state index in [4.69, 9.17) is 0 Å². The summed E-state index contributed by atoms with van der Waals surface area (Å²) in [6, 6.07) is 21.7. The Bertz CT molecular complexity index is 1090. The molecular formula is C26H27N3O2S. The number of benzene rings is 2. The monoisotopic (exact) mass is 445 g/mol. The molecule has 0 unspecified atom stereocenters. The summed E-state index contributed by atoms with van der Waals surface area (Å²) >= 11 is 1.52. The number of hydrogen-bond donors (Lipinski definition) is 2. The Labute approximate surface area is 192 Å². The van der Waals surface area contributed by atoms with Crippen LogP contribution in [0.2, 0.25) is 0 Å². The first kappa shape index (κ1) is 21.8. The number of carbonyl (C=O) groups is 2. The first-order valence-electron chi connectivity index (χ1n) is 10.9. The number of hydrogen-bond acceptors (Lipinski definition) is 4. The van der Waals surface area contributed by atoms with Crippen molar-refractivity contribution in [2.75, 3.05) is 18.0 Å². The number of nitrogens with zero attached hydrogens (tertiary/aromatic N) is 1. The normalized spacial score (nSPS) is 15.3. The van der Waals surface area contributed by atoms with Crippen molar-refractivity contribution in [2.45, 2.75) is 25.8 Å². The fourth-order valence-corrected chi connectivity index (χ4v) is 4.63. The van der Waals surface area contributed by atoms with E-state index in [1.807, 2.05) is 23.6 Å². The molecule has 4 rings (SSSR count). The molecule has 2 N–H and O–H groups in total. The zero-order valence-corrected chi connectivity index (χ0v) is 18.9. The minimum atomic E-state index is -0.300. The average molecular weight is 446 g/mol. The molecule has 1 aromatic heterocycles. The molecule has 6 heteroatoms. The van der Waals surface area contributed by atoms with Crippen LogP contribution in [0.3, 0.4) is 0 Å². The second-order valence-corrected chi connectivity index (χ2v) is 8.86. The molecule has 3 aromatic rings. The zero-order chi connectivity index (χ0) is 22.3. The topological polar surface area (TPSA) is 61.4 Å². The highest BCUT2D eigenvalue weighted by atomic mass is 32.1. The molecule has 2 amide bonds. The Kier molecular flexibility index (Phi) is 7.02. The fraction of sp³-hybridized carbons (Fsp3) is 0.231. The molecule has 1 aliphatic rings. The minimum absolute atomic E-state index is 0.251. The number of fused-ring (bicyclic) bond motifs is 1. The quantitative estimate of drug-likeness (QED) is 0.397. The van der Waals surface area contributed by atoms with Gasteiger partial charge in [-0.3, -0.25) is 9.59 Å². The summed E-state index contributed by atoms with van der Waals surface area (Å²) in [5, 5.41) is 7.69.